The van der Waals surface area contributed by atoms with E-state index in [0.29, 0.717) is 24.4 Å². The molecule has 7 heteroatoms. The van der Waals surface area contributed by atoms with E-state index in [0.717, 1.165) is 30.0 Å². The molecule has 0 amide bonds. The summed E-state index contributed by atoms with van der Waals surface area (Å²) in [5, 5.41) is 10.3. The summed E-state index contributed by atoms with van der Waals surface area (Å²) >= 11 is 6.25. The Morgan fingerprint density at radius 1 is 1.44 bits per heavy atom. The molecule has 3 rings (SSSR count). The molecule has 2 aromatic rings. The van der Waals surface area contributed by atoms with E-state index in [9.17, 15) is 9.90 Å². The van der Waals surface area contributed by atoms with Crippen molar-refractivity contribution in [2.45, 2.75) is 39.3 Å². The predicted molar refractivity (Wildman–Crippen MR) is 96.4 cm³/mol. The van der Waals surface area contributed by atoms with Gasteiger partial charge in [-0.05, 0) is 11.6 Å². The van der Waals surface area contributed by atoms with Crippen LogP contribution in [0.3, 0.4) is 0 Å². The Morgan fingerprint density at radius 2 is 2.20 bits per heavy atom. The summed E-state index contributed by atoms with van der Waals surface area (Å²) in [4.78, 5) is 22.0. The monoisotopic (exact) mass is 363 g/mol. The van der Waals surface area contributed by atoms with E-state index in [1.807, 2.05) is 19.9 Å². The van der Waals surface area contributed by atoms with Crippen molar-refractivity contribution in [3.8, 4) is 11.5 Å². The van der Waals surface area contributed by atoms with Gasteiger partial charge in [0.1, 0.15) is 5.82 Å². The van der Waals surface area contributed by atoms with Gasteiger partial charge in [-0.1, -0.05) is 31.5 Å². The lowest BCUT2D eigenvalue weighted by molar-refractivity contribution is 0.241. The fourth-order valence-corrected chi connectivity index (χ4v) is 3.24. The Hall–Kier alpha value is -2.05. The predicted octanol–water partition coefficient (Wildman–Crippen LogP) is 2.82. The van der Waals surface area contributed by atoms with Crippen LogP contribution in [0.1, 0.15) is 42.4 Å². The number of fused-ring (bicyclic) bond motifs is 1. The van der Waals surface area contributed by atoms with Crippen LogP contribution in [-0.2, 0) is 19.5 Å². The van der Waals surface area contributed by atoms with Crippen LogP contribution in [0.4, 0.5) is 0 Å². The van der Waals surface area contributed by atoms with E-state index in [-0.39, 0.29) is 22.2 Å². The minimum Gasteiger partial charge on any atom is -0.503 e. The van der Waals surface area contributed by atoms with Crippen LogP contribution >= 0.6 is 11.6 Å². The zero-order valence-electron chi connectivity index (χ0n) is 14.6. The van der Waals surface area contributed by atoms with Gasteiger partial charge in [-0.2, -0.15) is 0 Å². The average Bonchev–Trinajstić information content (AvgIpc) is 2.59. The fraction of sp³-hybridized carbons (Fsp3) is 0.444. The van der Waals surface area contributed by atoms with E-state index in [4.69, 9.17) is 16.3 Å². The zero-order chi connectivity index (χ0) is 18.1. The Morgan fingerprint density at radius 3 is 2.88 bits per heavy atom. The van der Waals surface area contributed by atoms with E-state index in [1.54, 1.807) is 6.07 Å². The Bertz CT molecular complexity index is 848. The van der Waals surface area contributed by atoms with Crippen molar-refractivity contribution in [2.75, 3.05) is 13.7 Å². The number of aromatic hydroxyl groups is 1. The van der Waals surface area contributed by atoms with Gasteiger partial charge in [-0.15, -0.1) is 0 Å². The van der Waals surface area contributed by atoms with E-state index in [2.05, 4.69) is 14.9 Å². The molecular weight excluding hydrogens is 342 g/mol. The Kier molecular flexibility index (Phi) is 5.01. The van der Waals surface area contributed by atoms with Crippen LogP contribution < -0.4 is 10.3 Å². The maximum atomic E-state index is 12.4. The average molecular weight is 364 g/mol. The molecule has 0 spiro atoms. The number of H-pyrrole nitrogens is 1. The third-order valence-corrected chi connectivity index (χ3v) is 4.91. The minimum atomic E-state index is -0.0675. The summed E-state index contributed by atoms with van der Waals surface area (Å²) in [6.45, 7) is 5.86. The molecule has 0 atom stereocenters. The number of phenols is 1. The lowest BCUT2D eigenvalue weighted by Gasteiger charge is -2.28. The SMILES string of the molecule is COc1ccc(CN2CCc3nc(C(C)C)[nH]c(=O)c3C2)c(Cl)c1O. The smallest absolute Gasteiger partial charge is 0.255 e. The fourth-order valence-electron chi connectivity index (χ4n) is 3.02. The number of benzene rings is 1. The maximum Gasteiger partial charge on any atom is 0.255 e. The summed E-state index contributed by atoms with van der Waals surface area (Å²) < 4.78 is 5.06. The third-order valence-electron chi connectivity index (χ3n) is 4.49. The van der Waals surface area contributed by atoms with E-state index >= 15 is 0 Å². The number of methoxy groups -OCH3 is 1. The van der Waals surface area contributed by atoms with Gasteiger partial charge >= 0.3 is 0 Å². The first kappa shape index (κ1) is 17.8. The van der Waals surface area contributed by atoms with Crippen LogP contribution in [0.15, 0.2) is 16.9 Å². The van der Waals surface area contributed by atoms with Crippen LogP contribution in [0, 0.1) is 0 Å². The summed E-state index contributed by atoms with van der Waals surface area (Å²) in [5.74, 6) is 1.22. The maximum absolute atomic E-state index is 12.4. The molecule has 0 unspecified atom stereocenters. The van der Waals surface area contributed by atoms with Gasteiger partial charge in [0.05, 0.1) is 23.4 Å². The molecule has 2 N–H and O–H groups in total. The summed E-state index contributed by atoms with van der Waals surface area (Å²) in [6, 6.07) is 3.53. The van der Waals surface area contributed by atoms with Crippen LogP contribution in [-0.4, -0.2) is 33.6 Å². The van der Waals surface area contributed by atoms with E-state index in [1.165, 1.54) is 7.11 Å². The van der Waals surface area contributed by atoms with Gasteiger partial charge in [-0.25, -0.2) is 4.98 Å². The minimum absolute atomic E-state index is 0.0554. The van der Waals surface area contributed by atoms with Crippen molar-refractivity contribution < 1.29 is 9.84 Å². The highest BCUT2D eigenvalue weighted by molar-refractivity contribution is 6.33. The van der Waals surface area contributed by atoms with Crippen LogP contribution in [0.5, 0.6) is 11.5 Å². The molecule has 0 fully saturated rings. The number of ether oxygens (including phenoxy) is 1. The summed E-state index contributed by atoms with van der Waals surface area (Å²) in [6.07, 6.45) is 0.721. The molecule has 25 heavy (non-hydrogen) atoms. The van der Waals surface area contributed by atoms with Gasteiger partial charge in [0, 0.05) is 32.0 Å². The number of aromatic amines is 1. The van der Waals surface area contributed by atoms with Gasteiger partial charge in [-0.3, -0.25) is 9.69 Å². The zero-order valence-corrected chi connectivity index (χ0v) is 15.4. The Balaban J connectivity index is 1.82. The number of phenolic OH excluding ortho intramolecular Hbond substituents is 1. The van der Waals surface area contributed by atoms with Crippen LogP contribution in [0.25, 0.3) is 0 Å². The number of nitrogens with zero attached hydrogens (tertiary/aromatic N) is 2. The highest BCUT2D eigenvalue weighted by Gasteiger charge is 2.23. The number of nitrogens with one attached hydrogen (secondary N) is 1. The second-order valence-corrected chi connectivity index (χ2v) is 6.96. The molecule has 1 aromatic carbocycles. The van der Waals surface area contributed by atoms with Gasteiger partial charge in [0.25, 0.3) is 5.56 Å². The number of aromatic nitrogens is 2. The highest BCUT2D eigenvalue weighted by Crippen LogP contribution is 2.37. The molecule has 134 valence electrons. The molecule has 0 saturated heterocycles. The van der Waals surface area contributed by atoms with Crippen molar-refractivity contribution in [1.29, 1.82) is 0 Å². The summed E-state index contributed by atoms with van der Waals surface area (Å²) in [7, 11) is 1.48. The normalized spacial score (nSPS) is 14.6. The number of halogens is 1. The largest absolute Gasteiger partial charge is 0.503 e. The Labute approximate surface area is 151 Å². The van der Waals surface area contributed by atoms with Gasteiger partial charge in [0.15, 0.2) is 11.5 Å². The topological polar surface area (TPSA) is 78.5 Å². The van der Waals surface area contributed by atoms with Gasteiger partial charge < -0.3 is 14.8 Å². The molecule has 1 aliphatic rings. The molecule has 0 bridgehead atoms. The lowest BCUT2D eigenvalue weighted by Crippen LogP contribution is -2.36. The number of hydrogen-bond acceptors (Lipinski definition) is 5. The first-order valence-corrected chi connectivity index (χ1v) is 8.67. The van der Waals surface area contributed by atoms with Crippen molar-refractivity contribution in [3.05, 3.63) is 50.2 Å². The summed E-state index contributed by atoms with van der Waals surface area (Å²) in [5.41, 5.74) is 2.32. The van der Waals surface area contributed by atoms with Crippen LogP contribution in [0.2, 0.25) is 5.02 Å². The first-order chi connectivity index (χ1) is 11.9. The molecular formula is C18H22ClN3O3. The molecule has 0 radical (unpaired) electrons. The molecule has 6 nitrogen and oxygen atoms in total. The van der Waals surface area contributed by atoms with Crippen molar-refractivity contribution in [3.63, 3.8) is 0 Å². The second-order valence-electron chi connectivity index (χ2n) is 6.58. The standard InChI is InChI=1S/C18H22ClN3O3/c1-10(2)17-20-13-6-7-22(9-12(13)18(24)21-17)8-11-4-5-14(25-3)16(23)15(11)19/h4-5,10,23H,6-9H2,1-3H3,(H,20,21,24). The van der Waals surface area contributed by atoms with Gasteiger partial charge in [0.2, 0.25) is 0 Å². The lowest BCUT2D eigenvalue weighted by atomic mass is 10.0. The molecule has 2 heterocycles. The van der Waals surface area contributed by atoms with Crippen molar-refractivity contribution in [1.82, 2.24) is 14.9 Å². The molecule has 0 saturated carbocycles. The number of rotatable bonds is 4. The second kappa shape index (κ2) is 7.06. The quantitative estimate of drug-likeness (QED) is 0.873. The third kappa shape index (κ3) is 3.50. The van der Waals surface area contributed by atoms with Crippen molar-refractivity contribution >= 4 is 11.6 Å². The number of hydrogen-bond donors (Lipinski definition) is 2. The molecule has 1 aromatic heterocycles. The first-order valence-electron chi connectivity index (χ1n) is 8.29. The van der Waals surface area contributed by atoms with Crippen molar-refractivity contribution in [2.24, 2.45) is 0 Å². The van der Waals surface area contributed by atoms with E-state index < -0.39 is 0 Å². The molecule has 0 aliphatic carbocycles. The molecule has 1 aliphatic heterocycles. The highest BCUT2D eigenvalue weighted by atomic mass is 35.5.